The Morgan fingerprint density at radius 1 is 1.22 bits per heavy atom. The van der Waals surface area contributed by atoms with Crippen LogP contribution in [0.2, 0.25) is 0 Å². The van der Waals surface area contributed by atoms with Crippen LogP contribution in [0.15, 0.2) is 24.3 Å². The summed E-state index contributed by atoms with van der Waals surface area (Å²) in [6.07, 6.45) is 0.907. The van der Waals surface area contributed by atoms with Gasteiger partial charge in [0.15, 0.2) is 18.1 Å². The summed E-state index contributed by atoms with van der Waals surface area (Å²) in [4.78, 5) is 12.0. The van der Waals surface area contributed by atoms with Gasteiger partial charge in [0.05, 0.1) is 6.61 Å². The first-order chi connectivity index (χ1) is 11.1. The van der Waals surface area contributed by atoms with Gasteiger partial charge in [-0.1, -0.05) is 44.2 Å². The molecule has 0 aliphatic rings. The van der Waals surface area contributed by atoms with E-state index in [-0.39, 0.29) is 18.4 Å². The lowest BCUT2D eigenvalue weighted by Crippen LogP contribution is -2.20. The van der Waals surface area contributed by atoms with Crippen LogP contribution >= 0.6 is 11.3 Å². The van der Waals surface area contributed by atoms with E-state index in [9.17, 15) is 4.79 Å². The Morgan fingerprint density at radius 2 is 1.91 bits per heavy atom. The third-order valence-corrected chi connectivity index (χ3v) is 3.99. The first-order valence-electron chi connectivity index (χ1n) is 7.58. The van der Waals surface area contributed by atoms with E-state index in [2.05, 4.69) is 15.5 Å². The van der Waals surface area contributed by atoms with E-state index in [4.69, 9.17) is 9.47 Å². The van der Waals surface area contributed by atoms with E-state index in [1.54, 1.807) is 6.07 Å². The molecule has 0 saturated carbocycles. The van der Waals surface area contributed by atoms with Gasteiger partial charge < -0.3 is 9.47 Å². The zero-order valence-electron chi connectivity index (χ0n) is 13.5. The van der Waals surface area contributed by atoms with E-state index in [0.717, 1.165) is 11.4 Å². The number of nitrogens with one attached hydrogen (secondary N) is 1. The maximum atomic E-state index is 12.0. The van der Waals surface area contributed by atoms with E-state index in [0.29, 0.717) is 23.2 Å². The van der Waals surface area contributed by atoms with Crippen molar-refractivity contribution in [3.05, 3.63) is 29.3 Å². The number of nitrogens with zero attached hydrogens (tertiary/aromatic N) is 2. The minimum atomic E-state index is -0.276. The summed E-state index contributed by atoms with van der Waals surface area (Å²) >= 11 is 1.37. The Bertz CT molecular complexity index is 643. The SMILES string of the molecule is CCCOc1ccccc1OCC(=O)Nc1nnc(C(C)C)s1. The van der Waals surface area contributed by atoms with Gasteiger partial charge in [0.2, 0.25) is 5.13 Å². The zero-order chi connectivity index (χ0) is 16.7. The molecule has 0 aliphatic heterocycles. The minimum absolute atomic E-state index is 0.108. The molecule has 0 radical (unpaired) electrons. The summed E-state index contributed by atoms with van der Waals surface area (Å²) in [5.41, 5.74) is 0. The molecule has 0 atom stereocenters. The van der Waals surface area contributed by atoms with Crippen molar-refractivity contribution >= 4 is 22.4 Å². The molecule has 6 nitrogen and oxygen atoms in total. The quantitative estimate of drug-likeness (QED) is 0.799. The monoisotopic (exact) mass is 335 g/mol. The van der Waals surface area contributed by atoms with Crippen molar-refractivity contribution in [3.63, 3.8) is 0 Å². The largest absolute Gasteiger partial charge is 0.490 e. The van der Waals surface area contributed by atoms with E-state index < -0.39 is 0 Å². The predicted octanol–water partition coefficient (Wildman–Crippen LogP) is 3.47. The standard InChI is InChI=1S/C16H21N3O3S/c1-4-9-21-12-7-5-6-8-13(12)22-10-14(20)17-16-19-18-15(23-16)11(2)3/h5-8,11H,4,9-10H2,1-3H3,(H,17,19,20). The summed E-state index contributed by atoms with van der Waals surface area (Å²) in [6, 6.07) is 7.31. The highest BCUT2D eigenvalue weighted by molar-refractivity contribution is 7.15. The topological polar surface area (TPSA) is 73.3 Å². The van der Waals surface area contributed by atoms with Crippen molar-refractivity contribution in [1.82, 2.24) is 10.2 Å². The van der Waals surface area contributed by atoms with Gasteiger partial charge in [-0.05, 0) is 18.6 Å². The maximum Gasteiger partial charge on any atom is 0.264 e. The molecule has 0 fully saturated rings. The van der Waals surface area contributed by atoms with Crippen LogP contribution in [0.5, 0.6) is 11.5 Å². The highest BCUT2D eigenvalue weighted by Gasteiger charge is 2.12. The number of para-hydroxylation sites is 2. The second-order valence-corrected chi connectivity index (χ2v) is 6.24. The fourth-order valence-electron chi connectivity index (χ4n) is 1.72. The zero-order valence-corrected chi connectivity index (χ0v) is 14.4. The average Bonchev–Trinajstić information content (AvgIpc) is 3.00. The molecule has 7 heteroatoms. The maximum absolute atomic E-state index is 12.0. The van der Waals surface area contributed by atoms with Crippen LogP contribution in [-0.4, -0.2) is 29.3 Å². The lowest BCUT2D eigenvalue weighted by atomic mass is 10.2. The Labute approximate surface area is 139 Å². The van der Waals surface area contributed by atoms with Crippen LogP contribution < -0.4 is 14.8 Å². The number of carbonyl (C=O) groups excluding carboxylic acids is 1. The number of ether oxygens (including phenoxy) is 2. The molecule has 1 aromatic heterocycles. The molecule has 0 unspecified atom stereocenters. The molecule has 0 saturated heterocycles. The summed E-state index contributed by atoms with van der Waals surface area (Å²) in [7, 11) is 0. The number of benzene rings is 1. The number of carbonyl (C=O) groups is 1. The predicted molar refractivity (Wildman–Crippen MR) is 90.4 cm³/mol. The lowest BCUT2D eigenvalue weighted by molar-refractivity contribution is -0.118. The number of rotatable bonds is 8. The lowest BCUT2D eigenvalue weighted by Gasteiger charge is -2.11. The molecule has 1 N–H and O–H groups in total. The third kappa shape index (κ3) is 5.21. The Hall–Kier alpha value is -2.15. The second-order valence-electron chi connectivity index (χ2n) is 5.23. The molecule has 2 aromatic rings. The van der Waals surface area contributed by atoms with Gasteiger partial charge in [-0.25, -0.2) is 0 Å². The number of anilines is 1. The molecule has 2 rings (SSSR count). The fraction of sp³-hybridized carbons (Fsp3) is 0.438. The van der Waals surface area contributed by atoms with Gasteiger partial charge in [0, 0.05) is 5.92 Å². The minimum Gasteiger partial charge on any atom is -0.490 e. The Morgan fingerprint density at radius 3 is 2.52 bits per heavy atom. The first-order valence-corrected chi connectivity index (χ1v) is 8.39. The van der Waals surface area contributed by atoms with E-state index in [1.165, 1.54) is 11.3 Å². The van der Waals surface area contributed by atoms with Crippen molar-refractivity contribution in [2.24, 2.45) is 0 Å². The van der Waals surface area contributed by atoms with E-state index in [1.807, 2.05) is 39.0 Å². The van der Waals surface area contributed by atoms with Crippen molar-refractivity contribution in [1.29, 1.82) is 0 Å². The van der Waals surface area contributed by atoms with Crippen LogP contribution in [-0.2, 0) is 4.79 Å². The van der Waals surface area contributed by atoms with Crippen molar-refractivity contribution in [2.45, 2.75) is 33.1 Å². The molecule has 1 amide bonds. The van der Waals surface area contributed by atoms with Gasteiger partial charge in [0.1, 0.15) is 5.01 Å². The van der Waals surface area contributed by atoms with E-state index >= 15 is 0 Å². The molecular weight excluding hydrogens is 314 g/mol. The Balaban J connectivity index is 1.88. The van der Waals surface area contributed by atoms with Crippen molar-refractivity contribution in [2.75, 3.05) is 18.5 Å². The van der Waals surface area contributed by atoms with Gasteiger partial charge >= 0.3 is 0 Å². The molecule has 1 heterocycles. The Kier molecular flexibility index (Phi) is 6.34. The van der Waals surface area contributed by atoms with Gasteiger partial charge in [0.25, 0.3) is 5.91 Å². The van der Waals surface area contributed by atoms with Gasteiger partial charge in [-0.15, -0.1) is 10.2 Å². The highest BCUT2D eigenvalue weighted by atomic mass is 32.1. The molecule has 124 valence electrons. The van der Waals surface area contributed by atoms with Crippen LogP contribution in [0.1, 0.15) is 38.1 Å². The van der Waals surface area contributed by atoms with Crippen molar-refractivity contribution in [3.8, 4) is 11.5 Å². The van der Waals surface area contributed by atoms with Gasteiger partial charge in [-0.2, -0.15) is 0 Å². The van der Waals surface area contributed by atoms with Gasteiger partial charge in [-0.3, -0.25) is 10.1 Å². The average molecular weight is 335 g/mol. The van der Waals surface area contributed by atoms with Crippen LogP contribution in [0.3, 0.4) is 0 Å². The summed E-state index contributed by atoms with van der Waals surface area (Å²) in [5, 5.41) is 12.0. The number of hydrogen-bond donors (Lipinski definition) is 1. The van der Waals surface area contributed by atoms with Crippen LogP contribution in [0.25, 0.3) is 0 Å². The first kappa shape index (κ1) is 17.2. The molecule has 23 heavy (non-hydrogen) atoms. The number of aromatic nitrogens is 2. The summed E-state index contributed by atoms with van der Waals surface area (Å²) in [6.45, 7) is 6.59. The highest BCUT2D eigenvalue weighted by Crippen LogP contribution is 2.26. The second kappa shape index (κ2) is 8.47. The van der Waals surface area contributed by atoms with Crippen molar-refractivity contribution < 1.29 is 14.3 Å². The summed E-state index contributed by atoms with van der Waals surface area (Å²) < 4.78 is 11.1. The molecule has 1 aromatic carbocycles. The number of amides is 1. The van der Waals surface area contributed by atoms with Crippen LogP contribution in [0, 0.1) is 0 Å². The molecule has 0 spiro atoms. The molecule has 0 aliphatic carbocycles. The molecule has 0 bridgehead atoms. The van der Waals surface area contributed by atoms with Crippen LogP contribution in [0.4, 0.5) is 5.13 Å². The normalized spacial score (nSPS) is 10.6. The number of hydrogen-bond acceptors (Lipinski definition) is 6. The summed E-state index contributed by atoms with van der Waals surface area (Å²) in [5.74, 6) is 1.20. The third-order valence-electron chi connectivity index (χ3n) is 2.85. The fourth-order valence-corrected chi connectivity index (χ4v) is 2.48. The smallest absolute Gasteiger partial charge is 0.264 e. The molecular formula is C16H21N3O3S.